The summed E-state index contributed by atoms with van der Waals surface area (Å²) in [5.74, 6) is -2.18. The van der Waals surface area contributed by atoms with Crippen LogP contribution in [0.3, 0.4) is 0 Å². The van der Waals surface area contributed by atoms with E-state index in [1.165, 1.54) is 128 Å². The number of aliphatic hydroxyl groups excluding tert-OH is 2. The largest absolute Gasteiger partial charge is 0.470 e. The summed E-state index contributed by atoms with van der Waals surface area (Å²) in [6, 6.07) is 0. The Balaban J connectivity index is 0.00000157. The van der Waals surface area contributed by atoms with Crippen molar-refractivity contribution in [2.45, 2.75) is 237 Å². The maximum atomic E-state index is 12.3. The van der Waals surface area contributed by atoms with E-state index in [2.05, 4.69) is 31.9 Å². The van der Waals surface area contributed by atoms with Crippen LogP contribution in [-0.4, -0.2) is 111 Å². The number of ether oxygens (including phenoxy) is 2. The molecule has 0 amide bonds. The first-order valence-corrected chi connectivity index (χ1v) is 30.6. The van der Waals surface area contributed by atoms with E-state index in [4.69, 9.17) is 48.6 Å². The average Bonchev–Trinajstić information content (AvgIpc) is 3.23. The Hall–Kier alpha value is -0.700. The van der Waals surface area contributed by atoms with E-state index in [0.29, 0.717) is 6.42 Å². The molecule has 0 bridgehead atoms. The third kappa shape index (κ3) is 38.9. The van der Waals surface area contributed by atoms with Gasteiger partial charge < -0.3 is 58.8 Å². The highest BCUT2D eigenvalue weighted by Gasteiger charge is 2.55. The smallest absolute Gasteiger partial charge is 0.462 e. The van der Waals surface area contributed by atoms with Crippen molar-refractivity contribution in [3.63, 3.8) is 0 Å². The second-order valence-electron chi connectivity index (χ2n) is 17.6. The standard InChI is InChI=1S/C35H69O8P.C7H17O14P3/c1-3-5-7-9-11-13-15-17-19-21-23-25-27-29-34(36)41-31-33(32-42-44(38,39)40)43-35(37)30-28-26-24-22-20-18-16-14-12-10-8-6-4-2;1-2-3(8)5(19-22(10,11)12)7(21-24(16,17)18)6(4(2)9)20-23(13,14)15/h33H,3-32H2,1-2H3,(H2,38,39,40);2-9H,1H3,(H2,10,11,12)(H2,13,14,15)(H2,16,17,18)/t33-;/m1./s1. The van der Waals surface area contributed by atoms with Crippen molar-refractivity contribution in [1.82, 2.24) is 0 Å². The van der Waals surface area contributed by atoms with Crippen LogP contribution in [0, 0.1) is 5.92 Å². The molecule has 0 aromatic carbocycles. The molecule has 10 N–H and O–H groups in total. The summed E-state index contributed by atoms with van der Waals surface area (Å²) in [7, 11) is -20.8. The molecule has 4 unspecified atom stereocenters. The topological polar surface area (TPSA) is 360 Å². The van der Waals surface area contributed by atoms with Crippen LogP contribution < -0.4 is 0 Å². The summed E-state index contributed by atoms with van der Waals surface area (Å²) in [5, 5.41) is 19.9. The number of hydrogen-bond acceptors (Lipinski definition) is 14. The van der Waals surface area contributed by atoms with Gasteiger partial charge in [0.25, 0.3) is 0 Å². The van der Waals surface area contributed by atoms with Crippen LogP contribution in [0.1, 0.15) is 201 Å². The van der Waals surface area contributed by atoms with Gasteiger partial charge in [-0.3, -0.25) is 27.7 Å². The van der Waals surface area contributed by atoms with Crippen LogP contribution >= 0.6 is 31.3 Å². The molecule has 22 nitrogen and oxygen atoms in total. The van der Waals surface area contributed by atoms with E-state index in [9.17, 15) is 38.1 Å². The van der Waals surface area contributed by atoms with E-state index < -0.39 is 92.4 Å². The molecule has 0 heterocycles. The maximum absolute atomic E-state index is 12.3. The minimum atomic E-state index is -5.40. The van der Waals surface area contributed by atoms with Crippen LogP contribution in [0.4, 0.5) is 0 Å². The van der Waals surface area contributed by atoms with Crippen LogP contribution in [0.5, 0.6) is 0 Å². The van der Waals surface area contributed by atoms with Gasteiger partial charge in [-0.05, 0) is 12.8 Å². The lowest BCUT2D eigenvalue weighted by Crippen LogP contribution is -2.62. The van der Waals surface area contributed by atoms with E-state index in [1.54, 1.807) is 0 Å². The zero-order valence-corrected chi connectivity index (χ0v) is 44.0. The van der Waals surface area contributed by atoms with Crippen molar-refractivity contribution < 1.29 is 105 Å². The number of rotatable bonds is 40. The van der Waals surface area contributed by atoms with Gasteiger partial charge in [-0.2, -0.15) is 0 Å². The first-order valence-electron chi connectivity index (χ1n) is 24.4. The van der Waals surface area contributed by atoms with Crippen molar-refractivity contribution >= 4 is 43.2 Å². The fraction of sp³-hybridized carbons (Fsp3) is 0.952. The Kier molecular flexibility index (Phi) is 37.6. The van der Waals surface area contributed by atoms with Crippen LogP contribution in [-0.2, 0) is 55.4 Å². The van der Waals surface area contributed by atoms with Crippen molar-refractivity contribution in [3.8, 4) is 0 Å². The second kappa shape index (κ2) is 38.0. The van der Waals surface area contributed by atoms with Gasteiger partial charge in [-0.1, -0.05) is 175 Å². The monoisotopic (exact) mass is 1070 g/mol. The number of hydrogen-bond donors (Lipinski definition) is 10. The van der Waals surface area contributed by atoms with Crippen LogP contribution in [0.2, 0.25) is 0 Å². The quantitative estimate of drug-likeness (QED) is 0.0157. The lowest BCUT2D eigenvalue weighted by Gasteiger charge is -2.45. The number of carbonyl (C=O) groups excluding carboxylic acids is 2. The zero-order valence-electron chi connectivity index (χ0n) is 40.4. The predicted octanol–water partition coefficient (Wildman–Crippen LogP) is 8.30. The molecule has 1 aliphatic carbocycles. The summed E-state index contributed by atoms with van der Waals surface area (Å²) in [6.07, 6.45) is 20.6. The molecular weight excluding hydrogens is 980 g/mol. The highest BCUT2D eigenvalue weighted by molar-refractivity contribution is 7.47. The summed E-state index contributed by atoms with van der Waals surface area (Å²) < 4.78 is 71.9. The average molecular weight is 1070 g/mol. The molecule has 0 radical (unpaired) electrons. The predicted molar refractivity (Wildman–Crippen MR) is 251 cm³/mol. The first-order chi connectivity index (χ1) is 31.8. The minimum Gasteiger partial charge on any atom is -0.462 e. The van der Waals surface area contributed by atoms with Gasteiger partial charge >= 0.3 is 43.2 Å². The van der Waals surface area contributed by atoms with Crippen molar-refractivity contribution in [1.29, 1.82) is 0 Å². The minimum absolute atomic E-state index is 0.219. The number of aliphatic hydroxyl groups is 2. The summed E-state index contributed by atoms with van der Waals surface area (Å²) >= 11 is 0. The molecule has 68 heavy (non-hydrogen) atoms. The van der Waals surface area contributed by atoms with E-state index >= 15 is 0 Å². The molecule has 0 saturated heterocycles. The van der Waals surface area contributed by atoms with E-state index in [1.807, 2.05) is 0 Å². The highest BCUT2D eigenvalue weighted by Crippen LogP contribution is 2.51. The van der Waals surface area contributed by atoms with Crippen LogP contribution in [0.25, 0.3) is 0 Å². The van der Waals surface area contributed by atoms with Crippen molar-refractivity contribution in [2.24, 2.45) is 5.92 Å². The van der Waals surface area contributed by atoms with Gasteiger partial charge in [0.05, 0.1) is 18.8 Å². The number of phosphoric ester groups is 4. The Morgan fingerprint density at radius 3 is 1.03 bits per heavy atom. The molecule has 1 aliphatic rings. The molecule has 26 heteroatoms. The number of phosphoric acid groups is 4. The molecule has 1 saturated carbocycles. The Labute approximate surface area is 403 Å². The second-order valence-corrected chi connectivity index (χ2v) is 22.4. The van der Waals surface area contributed by atoms with Gasteiger partial charge in [0.1, 0.15) is 24.9 Å². The molecule has 0 aromatic rings. The fourth-order valence-electron chi connectivity index (χ4n) is 7.59. The normalized spacial score (nSPS) is 20.7. The lowest BCUT2D eigenvalue weighted by molar-refractivity contribution is -0.188. The zero-order chi connectivity index (χ0) is 51.7. The van der Waals surface area contributed by atoms with Gasteiger partial charge in [0.2, 0.25) is 0 Å². The van der Waals surface area contributed by atoms with Gasteiger partial charge in [-0.25, -0.2) is 18.3 Å². The van der Waals surface area contributed by atoms with Crippen LogP contribution in [0.15, 0.2) is 0 Å². The molecular formula is C42H86O22P4. The Morgan fingerprint density at radius 2 is 0.721 bits per heavy atom. The van der Waals surface area contributed by atoms with Gasteiger partial charge in [0, 0.05) is 18.8 Å². The molecule has 0 aromatic heterocycles. The highest BCUT2D eigenvalue weighted by atomic mass is 31.2. The molecule has 1 rings (SSSR count). The molecule has 5 atom stereocenters. The molecule has 0 spiro atoms. The third-order valence-corrected chi connectivity index (χ3v) is 13.3. The van der Waals surface area contributed by atoms with E-state index in [0.717, 1.165) is 39.0 Å². The Bertz CT molecular complexity index is 1460. The summed E-state index contributed by atoms with van der Waals surface area (Å²) in [5.41, 5.74) is 0. The Morgan fingerprint density at radius 1 is 0.426 bits per heavy atom. The summed E-state index contributed by atoms with van der Waals surface area (Å²) in [6.45, 7) is 4.80. The molecule has 1 fully saturated rings. The van der Waals surface area contributed by atoms with Gasteiger partial charge in [-0.15, -0.1) is 0 Å². The maximum Gasteiger partial charge on any atom is 0.470 e. The lowest BCUT2D eigenvalue weighted by atomic mass is 9.79. The number of unbranched alkanes of at least 4 members (excludes halogenated alkanes) is 24. The molecule has 406 valence electrons. The number of esters is 2. The fourth-order valence-corrected chi connectivity index (χ4v) is 9.63. The summed E-state index contributed by atoms with van der Waals surface area (Å²) in [4.78, 5) is 95.7. The van der Waals surface area contributed by atoms with Gasteiger partial charge in [0.15, 0.2) is 6.10 Å². The van der Waals surface area contributed by atoms with Crippen molar-refractivity contribution in [3.05, 3.63) is 0 Å². The first kappa shape index (κ1) is 67.3. The number of carbonyl (C=O) groups is 2. The van der Waals surface area contributed by atoms with E-state index in [-0.39, 0.29) is 19.4 Å². The van der Waals surface area contributed by atoms with Crippen molar-refractivity contribution in [2.75, 3.05) is 13.2 Å². The SMILES string of the molecule is CC1C(O)C(OP(=O)(O)O)C(OP(=O)(O)O)C(OP(=O)(O)O)C1O.CCCCCCCCCCCCCCCC(=O)OC[C@H](COP(=O)(O)O)OC(=O)CCCCCCCCCCCCCCC. The molecule has 0 aliphatic heterocycles. The third-order valence-electron chi connectivity index (χ3n) is 11.3.